The Labute approximate surface area is 141 Å². The van der Waals surface area contributed by atoms with Crippen molar-refractivity contribution in [2.45, 2.75) is 39.0 Å². The molecule has 114 valence electrons. The number of hydrogen-bond acceptors (Lipinski definition) is 2. The summed E-state index contributed by atoms with van der Waals surface area (Å²) in [6.07, 6.45) is 1.09. The van der Waals surface area contributed by atoms with Crippen LogP contribution in [0.2, 0.25) is 0 Å². The zero-order chi connectivity index (χ0) is 15.5. The lowest BCUT2D eigenvalue weighted by Crippen LogP contribution is -2.03. The Hall–Kier alpha value is -1.38. The van der Waals surface area contributed by atoms with Crippen LogP contribution in [0.1, 0.15) is 60.4 Å². The van der Waals surface area contributed by atoms with E-state index in [9.17, 15) is 0 Å². The molecular formula is C20H22S2. The molecule has 3 rings (SSSR count). The van der Waals surface area contributed by atoms with Crippen LogP contribution in [-0.2, 0) is 6.42 Å². The molecule has 2 heteroatoms. The SMILES string of the molecule is CCc1cc(C(C)c2ccsc2)ccc1C(C)c1ccsc1. The molecule has 0 nitrogen and oxygen atoms in total. The van der Waals surface area contributed by atoms with Crippen LogP contribution in [0.4, 0.5) is 0 Å². The summed E-state index contributed by atoms with van der Waals surface area (Å²) in [4.78, 5) is 0. The highest BCUT2D eigenvalue weighted by Gasteiger charge is 2.15. The van der Waals surface area contributed by atoms with E-state index in [2.05, 4.69) is 72.6 Å². The van der Waals surface area contributed by atoms with Crippen molar-refractivity contribution in [2.24, 2.45) is 0 Å². The standard InChI is InChI=1S/C20H22S2/c1-4-16-11-17(14(2)18-7-9-21-12-18)5-6-20(16)15(3)19-8-10-22-13-19/h5-15H,4H2,1-3H3. The molecule has 0 spiro atoms. The Bertz CT molecular complexity index is 708. The van der Waals surface area contributed by atoms with Gasteiger partial charge in [-0.1, -0.05) is 39.0 Å². The first-order chi connectivity index (χ1) is 10.7. The average molecular weight is 327 g/mol. The lowest BCUT2D eigenvalue weighted by Gasteiger charge is -2.18. The highest BCUT2D eigenvalue weighted by Crippen LogP contribution is 2.32. The van der Waals surface area contributed by atoms with Crippen molar-refractivity contribution in [3.63, 3.8) is 0 Å². The van der Waals surface area contributed by atoms with Gasteiger partial charge in [0.2, 0.25) is 0 Å². The van der Waals surface area contributed by atoms with E-state index in [1.54, 1.807) is 22.7 Å². The predicted molar refractivity (Wildman–Crippen MR) is 99.5 cm³/mol. The molecule has 2 unspecified atom stereocenters. The molecule has 0 fully saturated rings. The Morgan fingerprint density at radius 1 is 0.818 bits per heavy atom. The van der Waals surface area contributed by atoms with Gasteiger partial charge in [0.1, 0.15) is 0 Å². The van der Waals surface area contributed by atoms with E-state index >= 15 is 0 Å². The molecule has 0 aliphatic heterocycles. The number of thiophene rings is 2. The smallest absolute Gasteiger partial charge is 0.00719 e. The van der Waals surface area contributed by atoms with Crippen LogP contribution in [0.3, 0.4) is 0 Å². The molecule has 22 heavy (non-hydrogen) atoms. The van der Waals surface area contributed by atoms with Gasteiger partial charge in [-0.05, 0) is 67.9 Å². The fourth-order valence-electron chi connectivity index (χ4n) is 3.04. The Kier molecular flexibility index (Phi) is 4.80. The van der Waals surface area contributed by atoms with Gasteiger partial charge < -0.3 is 0 Å². The van der Waals surface area contributed by atoms with Gasteiger partial charge in [0.05, 0.1) is 0 Å². The van der Waals surface area contributed by atoms with Gasteiger partial charge in [-0.15, -0.1) is 0 Å². The van der Waals surface area contributed by atoms with Crippen LogP contribution in [0.15, 0.2) is 51.9 Å². The topological polar surface area (TPSA) is 0 Å². The number of rotatable bonds is 5. The van der Waals surface area contributed by atoms with Gasteiger partial charge in [0.15, 0.2) is 0 Å². The molecule has 0 aliphatic carbocycles. The molecule has 0 saturated heterocycles. The quantitative estimate of drug-likeness (QED) is 0.491. The van der Waals surface area contributed by atoms with Crippen LogP contribution in [0.25, 0.3) is 0 Å². The Morgan fingerprint density at radius 2 is 1.45 bits per heavy atom. The van der Waals surface area contributed by atoms with Gasteiger partial charge in [0.25, 0.3) is 0 Å². The Morgan fingerprint density at radius 3 is 2.00 bits per heavy atom. The fraction of sp³-hybridized carbons (Fsp3) is 0.300. The first-order valence-electron chi connectivity index (χ1n) is 7.87. The lowest BCUT2D eigenvalue weighted by atomic mass is 9.86. The maximum atomic E-state index is 2.42. The molecule has 0 aliphatic rings. The maximum Gasteiger partial charge on any atom is 0.00719 e. The molecular weight excluding hydrogens is 304 g/mol. The summed E-state index contributed by atoms with van der Waals surface area (Å²) in [7, 11) is 0. The monoisotopic (exact) mass is 326 g/mol. The van der Waals surface area contributed by atoms with Crippen molar-refractivity contribution in [3.05, 3.63) is 79.7 Å². The van der Waals surface area contributed by atoms with E-state index in [1.165, 1.54) is 27.8 Å². The average Bonchev–Trinajstić information content (AvgIpc) is 3.25. The lowest BCUT2D eigenvalue weighted by molar-refractivity contribution is 0.877. The minimum absolute atomic E-state index is 0.474. The largest absolute Gasteiger partial charge is 0.152 e. The first kappa shape index (κ1) is 15.5. The number of benzene rings is 1. The third-order valence-electron chi connectivity index (χ3n) is 4.60. The molecule has 3 aromatic rings. The van der Waals surface area contributed by atoms with Gasteiger partial charge in [-0.25, -0.2) is 0 Å². The third kappa shape index (κ3) is 3.04. The van der Waals surface area contributed by atoms with Crippen molar-refractivity contribution >= 4 is 22.7 Å². The summed E-state index contributed by atoms with van der Waals surface area (Å²) >= 11 is 3.56. The minimum atomic E-state index is 0.474. The zero-order valence-corrected chi connectivity index (χ0v) is 15.0. The molecule has 0 amide bonds. The third-order valence-corrected chi connectivity index (χ3v) is 6.00. The molecule has 2 heterocycles. The second-order valence-corrected chi connectivity index (χ2v) is 7.43. The normalized spacial score (nSPS) is 14.0. The summed E-state index contributed by atoms with van der Waals surface area (Å²) in [6.45, 7) is 6.88. The van der Waals surface area contributed by atoms with E-state index in [1.807, 2.05) is 0 Å². The first-order valence-corrected chi connectivity index (χ1v) is 9.76. The van der Waals surface area contributed by atoms with Crippen molar-refractivity contribution in [1.29, 1.82) is 0 Å². The summed E-state index contributed by atoms with van der Waals surface area (Å²) < 4.78 is 0. The van der Waals surface area contributed by atoms with E-state index in [0.29, 0.717) is 11.8 Å². The van der Waals surface area contributed by atoms with Crippen molar-refractivity contribution in [3.8, 4) is 0 Å². The summed E-state index contributed by atoms with van der Waals surface area (Å²) in [5.74, 6) is 0.953. The number of hydrogen-bond donors (Lipinski definition) is 0. The van der Waals surface area contributed by atoms with Crippen molar-refractivity contribution in [2.75, 3.05) is 0 Å². The van der Waals surface area contributed by atoms with Crippen LogP contribution >= 0.6 is 22.7 Å². The van der Waals surface area contributed by atoms with Crippen LogP contribution in [0, 0.1) is 0 Å². The van der Waals surface area contributed by atoms with E-state index in [-0.39, 0.29) is 0 Å². The predicted octanol–water partition coefficient (Wildman–Crippen LogP) is 6.68. The summed E-state index contributed by atoms with van der Waals surface area (Å²) in [6, 6.07) is 11.6. The van der Waals surface area contributed by atoms with Crippen LogP contribution < -0.4 is 0 Å². The molecule has 0 radical (unpaired) electrons. The summed E-state index contributed by atoms with van der Waals surface area (Å²) in [5, 5.41) is 8.87. The van der Waals surface area contributed by atoms with Crippen molar-refractivity contribution in [1.82, 2.24) is 0 Å². The molecule has 0 saturated carbocycles. The molecule has 2 aromatic heterocycles. The van der Waals surface area contributed by atoms with E-state index < -0.39 is 0 Å². The van der Waals surface area contributed by atoms with Crippen LogP contribution in [-0.4, -0.2) is 0 Å². The highest BCUT2D eigenvalue weighted by molar-refractivity contribution is 7.08. The molecule has 0 N–H and O–H groups in total. The van der Waals surface area contributed by atoms with Crippen LogP contribution in [0.5, 0.6) is 0 Å². The fourth-order valence-corrected chi connectivity index (χ4v) is 4.55. The van der Waals surface area contributed by atoms with Gasteiger partial charge in [-0.2, -0.15) is 22.7 Å². The minimum Gasteiger partial charge on any atom is -0.152 e. The van der Waals surface area contributed by atoms with Crippen molar-refractivity contribution < 1.29 is 0 Å². The highest BCUT2D eigenvalue weighted by atomic mass is 32.1. The van der Waals surface area contributed by atoms with E-state index in [4.69, 9.17) is 0 Å². The van der Waals surface area contributed by atoms with E-state index in [0.717, 1.165) is 6.42 Å². The second kappa shape index (κ2) is 6.80. The van der Waals surface area contributed by atoms with Gasteiger partial charge in [-0.3, -0.25) is 0 Å². The van der Waals surface area contributed by atoms with Gasteiger partial charge >= 0.3 is 0 Å². The molecule has 0 bridgehead atoms. The summed E-state index contributed by atoms with van der Waals surface area (Å²) in [5.41, 5.74) is 7.24. The Balaban J connectivity index is 1.94. The zero-order valence-electron chi connectivity index (χ0n) is 13.4. The van der Waals surface area contributed by atoms with Gasteiger partial charge in [0, 0.05) is 11.8 Å². The maximum absolute atomic E-state index is 2.42. The second-order valence-electron chi connectivity index (χ2n) is 5.87. The molecule has 2 atom stereocenters. The number of aryl methyl sites for hydroxylation is 1. The molecule has 1 aromatic carbocycles.